The van der Waals surface area contributed by atoms with E-state index < -0.39 is 0 Å². The first-order valence-corrected chi connectivity index (χ1v) is 6.35. The Kier molecular flexibility index (Phi) is 4.50. The minimum Gasteiger partial charge on any atom is -0.330 e. The summed E-state index contributed by atoms with van der Waals surface area (Å²) in [6, 6.07) is 16.0. The van der Waals surface area contributed by atoms with Crippen LogP contribution in [0, 0.1) is 6.92 Å². The van der Waals surface area contributed by atoms with Crippen molar-refractivity contribution in [3.8, 4) is 0 Å². The van der Waals surface area contributed by atoms with Crippen LogP contribution in [0.25, 0.3) is 0 Å². The Morgan fingerprint density at radius 1 is 1.00 bits per heavy atom. The van der Waals surface area contributed by atoms with Gasteiger partial charge in [0.1, 0.15) is 0 Å². The molecule has 0 atom stereocenters. The second-order valence-corrected chi connectivity index (χ2v) is 4.47. The molecular weight excluding hydrogens is 252 g/mol. The number of amides is 2. The number of carbonyl (C=O) groups is 2. The maximum absolute atomic E-state index is 11.8. The SMILES string of the molecule is Cc1cccc(NC(=O)NCC(=O)c2ccccc2)c1. The molecule has 4 heteroatoms. The highest BCUT2D eigenvalue weighted by molar-refractivity contribution is 6.00. The van der Waals surface area contributed by atoms with Gasteiger partial charge in [0.25, 0.3) is 0 Å². The van der Waals surface area contributed by atoms with Crippen molar-refractivity contribution in [3.05, 3.63) is 65.7 Å². The molecule has 2 aromatic carbocycles. The fourth-order valence-electron chi connectivity index (χ4n) is 1.78. The first-order valence-electron chi connectivity index (χ1n) is 6.35. The third-order valence-corrected chi connectivity index (χ3v) is 2.78. The van der Waals surface area contributed by atoms with Crippen molar-refractivity contribution in [2.24, 2.45) is 0 Å². The van der Waals surface area contributed by atoms with Gasteiger partial charge in [-0.25, -0.2) is 4.79 Å². The molecule has 0 heterocycles. The number of aryl methyl sites for hydroxylation is 1. The van der Waals surface area contributed by atoms with Gasteiger partial charge >= 0.3 is 6.03 Å². The van der Waals surface area contributed by atoms with Gasteiger partial charge in [-0.2, -0.15) is 0 Å². The van der Waals surface area contributed by atoms with E-state index in [2.05, 4.69) is 10.6 Å². The Bertz CT molecular complexity index is 609. The lowest BCUT2D eigenvalue weighted by atomic mass is 10.1. The zero-order valence-corrected chi connectivity index (χ0v) is 11.2. The van der Waals surface area contributed by atoms with E-state index in [1.165, 1.54) is 0 Å². The maximum Gasteiger partial charge on any atom is 0.319 e. The van der Waals surface area contributed by atoms with Gasteiger partial charge in [-0.3, -0.25) is 4.79 Å². The smallest absolute Gasteiger partial charge is 0.319 e. The predicted molar refractivity (Wildman–Crippen MR) is 79.0 cm³/mol. The van der Waals surface area contributed by atoms with Crippen molar-refractivity contribution in [2.45, 2.75) is 6.92 Å². The number of hydrogen-bond donors (Lipinski definition) is 2. The Morgan fingerprint density at radius 3 is 2.45 bits per heavy atom. The molecule has 0 spiro atoms. The van der Waals surface area contributed by atoms with E-state index in [4.69, 9.17) is 0 Å². The zero-order valence-electron chi connectivity index (χ0n) is 11.2. The van der Waals surface area contributed by atoms with Gasteiger partial charge in [-0.15, -0.1) is 0 Å². The van der Waals surface area contributed by atoms with Crippen molar-refractivity contribution in [3.63, 3.8) is 0 Å². The van der Waals surface area contributed by atoms with Gasteiger partial charge in [-0.1, -0.05) is 42.5 Å². The number of Topliss-reactive ketones (excluding diaryl/α,β-unsaturated/α-hetero) is 1. The molecule has 20 heavy (non-hydrogen) atoms. The first-order chi connectivity index (χ1) is 9.65. The monoisotopic (exact) mass is 268 g/mol. The topological polar surface area (TPSA) is 58.2 Å². The molecule has 0 aliphatic carbocycles. The van der Waals surface area contributed by atoms with Gasteiger partial charge in [0, 0.05) is 11.3 Å². The van der Waals surface area contributed by atoms with E-state index in [1.54, 1.807) is 30.3 Å². The molecule has 2 N–H and O–H groups in total. The molecule has 2 rings (SSSR count). The fraction of sp³-hybridized carbons (Fsp3) is 0.125. The second kappa shape index (κ2) is 6.52. The van der Waals surface area contributed by atoms with Crippen LogP contribution < -0.4 is 10.6 Å². The van der Waals surface area contributed by atoms with Crippen molar-refractivity contribution in [1.29, 1.82) is 0 Å². The van der Waals surface area contributed by atoms with Gasteiger partial charge in [0.2, 0.25) is 0 Å². The number of ketones is 1. The maximum atomic E-state index is 11.8. The largest absolute Gasteiger partial charge is 0.330 e. The van der Waals surface area contributed by atoms with E-state index in [1.807, 2.05) is 31.2 Å². The van der Waals surface area contributed by atoms with Crippen molar-refractivity contribution >= 4 is 17.5 Å². The molecule has 0 saturated heterocycles. The van der Waals surface area contributed by atoms with Crippen molar-refractivity contribution in [2.75, 3.05) is 11.9 Å². The highest BCUT2D eigenvalue weighted by Gasteiger charge is 2.07. The van der Waals surface area contributed by atoms with E-state index in [0.29, 0.717) is 11.3 Å². The van der Waals surface area contributed by atoms with Crippen LogP contribution in [0.15, 0.2) is 54.6 Å². The van der Waals surface area contributed by atoms with Crippen molar-refractivity contribution < 1.29 is 9.59 Å². The zero-order chi connectivity index (χ0) is 14.4. The molecule has 2 amide bonds. The van der Waals surface area contributed by atoms with Gasteiger partial charge < -0.3 is 10.6 Å². The average Bonchev–Trinajstić information content (AvgIpc) is 2.46. The summed E-state index contributed by atoms with van der Waals surface area (Å²) in [6.07, 6.45) is 0. The Balaban J connectivity index is 1.85. The summed E-state index contributed by atoms with van der Waals surface area (Å²) in [4.78, 5) is 23.5. The predicted octanol–water partition coefficient (Wildman–Crippen LogP) is 3.00. The van der Waals surface area contributed by atoms with Crippen LogP contribution in [0.3, 0.4) is 0 Å². The lowest BCUT2D eigenvalue weighted by Gasteiger charge is -2.07. The lowest BCUT2D eigenvalue weighted by Crippen LogP contribution is -2.33. The first kappa shape index (κ1) is 13.8. The summed E-state index contributed by atoms with van der Waals surface area (Å²) in [5.74, 6) is -0.120. The number of hydrogen-bond acceptors (Lipinski definition) is 2. The van der Waals surface area contributed by atoms with Crippen LogP contribution >= 0.6 is 0 Å². The minimum atomic E-state index is -0.389. The van der Waals surface area contributed by atoms with Crippen LogP contribution in [0.4, 0.5) is 10.5 Å². The van der Waals surface area contributed by atoms with Gasteiger partial charge in [0.15, 0.2) is 5.78 Å². The Morgan fingerprint density at radius 2 is 1.75 bits per heavy atom. The highest BCUT2D eigenvalue weighted by Crippen LogP contribution is 2.09. The van der Waals surface area contributed by atoms with E-state index in [9.17, 15) is 9.59 Å². The number of rotatable bonds is 4. The number of benzene rings is 2. The number of carbonyl (C=O) groups excluding carboxylic acids is 2. The minimum absolute atomic E-state index is 0.0261. The third-order valence-electron chi connectivity index (χ3n) is 2.78. The molecule has 2 aromatic rings. The van der Waals surface area contributed by atoms with Crippen LogP contribution in [0.2, 0.25) is 0 Å². The molecule has 0 saturated carbocycles. The van der Waals surface area contributed by atoms with Gasteiger partial charge in [-0.05, 0) is 24.6 Å². The summed E-state index contributed by atoms with van der Waals surface area (Å²) in [5, 5.41) is 5.24. The summed E-state index contributed by atoms with van der Waals surface area (Å²) in [7, 11) is 0. The molecule has 0 aliphatic rings. The van der Waals surface area contributed by atoms with E-state index in [0.717, 1.165) is 5.56 Å². The molecule has 0 bridgehead atoms. The van der Waals surface area contributed by atoms with Crippen LogP contribution in [-0.4, -0.2) is 18.4 Å². The molecular formula is C16H16N2O2. The Labute approximate surface area is 117 Å². The number of urea groups is 1. The lowest BCUT2D eigenvalue weighted by molar-refractivity contribution is 0.0993. The normalized spacial score (nSPS) is 9.85. The third kappa shape index (κ3) is 3.95. The van der Waals surface area contributed by atoms with Crippen LogP contribution in [-0.2, 0) is 0 Å². The average molecular weight is 268 g/mol. The fourth-order valence-corrected chi connectivity index (χ4v) is 1.78. The molecule has 4 nitrogen and oxygen atoms in total. The summed E-state index contributed by atoms with van der Waals surface area (Å²) >= 11 is 0. The molecule has 0 fully saturated rings. The van der Waals surface area contributed by atoms with E-state index >= 15 is 0 Å². The molecule has 102 valence electrons. The molecule has 0 aliphatic heterocycles. The molecule has 0 radical (unpaired) electrons. The van der Waals surface area contributed by atoms with Crippen LogP contribution in [0.5, 0.6) is 0 Å². The van der Waals surface area contributed by atoms with Crippen molar-refractivity contribution in [1.82, 2.24) is 5.32 Å². The van der Waals surface area contributed by atoms with Crippen LogP contribution in [0.1, 0.15) is 15.9 Å². The summed E-state index contributed by atoms with van der Waals surface area (Å²) in [6.45, 7) is 1.92. The van der Waals surface area contributed by atoms with E-state index in [-0.39, 0.29) is 18.4 Å². The summed E-state index contributed by atoms with van der Waals surface area (Å²) < 4.78 is 0. The second-order valence-electron chi connectivity index (χ2n) is 4.47. The number of anilines is 1. The highest BCUT2D eigenvalue weighted by atomic mass is 16.2. The van der Waals surface area contributed by atoms with Gasteiger partial charge in [0.05, 0.1) is 6.54 Å². The number of nitrogens with one attached hydrogen (secondary N) is 2. The summed E-state index contributed by atoms with van der Waals surface area (Å²) in [5.41, 5.74) is 2.35. The Hall–Kier alpha value is -2.62. The molecule has 0 unspecified atom stereocenters. The standard InChI is InChI=1S/C16H16N2O2/c1-12-6-5-9-14(10-12)18-16(20)17-11-15(19)13-7-3-2-4-8-13/h2-10H,11H2,1H3,(H2,17,18,20). The quantitative estimate of drug-likeness (QED) is 0.837. The molecule has 0 aromatic heterocycles.